The van der Waals surface area contributed by atoms with E-state index in [-0.39, 0.29) is 5.56 Å². The molecule has 0 aliphatic heterocycles. The topological polar surface area (TPSA) is 101 Å². The van der Waals surface area contributed by atoms with Crippen LogP contribution in [0.1, 0.15) is 17.3 Å². The lowest BCUT2D eigenvalue weighted by Gasteiger charge is -2.21. The standard InChI is InChI=1S/C11H11FN2O5/c1-6(11(16)17)13(2)10(15)8-4-3-7(12)5-9(8)14(18)19/h3-6H,1-2H3,(H,16,17). The molecule has 0 radical (unpaired) electrons. The number of nitro benzene ring substituents is 1. The van der Waals surface area contributed by atoms with E-state index in [4.69, 9.17) is 5.11 Å². The Morgan fingerprint density at radius 1 is 1.47 bits per heavy atom. The summed E-state index contributed by atoms with van der Waals surface area (Å²) in [5, 5.41) is 19.5. The van der Waals surface area contributed by atoms with Crippen LogP contribution in [-0.2, 0) is 4.79 Å². The van der Waals surface area contributed by atoms with Crippen molar-refractivity contribution in [3.05, 3.63) is 39.7 Å². The summed E-state index contributed by atoms with van der Waals surface area (Å²) in [6.07, 6.45) is 0. The smallest absolute Gasteiger partial charge is 0.326 e. The maximum absolute atomic E-state index is 12.9. The number of nitrogens with zero attached hydrogens (tertiary/aromatic N) is 2. The Balaban J connectivity index is 3.20. The molecule has 7 nitrogen and oxygen atoms in total. The predicted molar refractivity (Wildman–Crippen MR) is 62.2 cm³/mol. The normalized spacial score (nSPS) is 11.7. The zero-order chi connectivity index (χ0) is 14.7. The van der Waals surface area contributed by atoms with Crippen LogP contribution in [0.15, 0.2) is 18.2 Å². The molecule has 19 heavy (non-hydrogen) atoms. The summed E-state index contributed by atoms with van der Waals surface area (Å²) in [6.45, 7) is 1.26. The molecular weight excluding hydrogens is 259 g/mol. The molecule has 0 bridgehead atoms. The van der Waals surface area contributed by atoms with E-state index >= 15 is 0 Å². The first kappa shape index (κ1) is 14.6. The first-order chi connectivity index (χ1) is 8.75. The van der Waals surface area contributed by atoms with Crippen molar-refractivity contribution in [1.29, 1.82) is 0 Å². The number of carboxylic acids is 1. The Morgan fingerprint density at radius 3 is 2.53 bits per heavy atom. The van der Waals surface area contributed by atoms with E-state index < -0.39 is 34.3 Å². The third-order valence-electron chi connectivity index (χ3n) is 2.65. The quantitative estimate of drug-likeness (QED) is 0.656. The molecular formula is C11H11FN2O5. The molecule has 0 fully saturated rings. The number of halogens is 1. The molecule has 1 unspecified atom stereocenters. The van der Waals surface area contributed by atoms with Gasteiger partial charge in [0.2, 0.25) is 0 Å². The van der Waals surface area contributed by atoms with E-state index in [9.17, 15) is 24.1 Å². The fourth-order valence-corrected chi connectivity index (χ4v) is 1.37. The number of likely N-dealkylation sites (N-methyl/N-ethyl adjacent to an activating group) is 1. The lowest BCUT2D eigenvalue weighted by Crippen LogP contribution is -2.40. The molecule has 0 spiro atoms. The van der Waals surface area contributed by atoms with Gasteiger partial charge in [-0.05, 0) is 19.1 Å². The minimum Gasteiger partial charge on any atom is -0.480 e. The van der Waals surface area contributed by atoms with Gasteiger partial charge in [0.15, 0.2) is 0 Å². The molecule has 0 aromatic heterocycles. The minimum absolute atomic E-state index is 0.359. The van der Waals surface area contributed by atoms with Crippen LogP contribution in [0.4, 0.5) is 10.1 Å². The highest BCUT2D eigenvalue weighted by atomic mass is 19.1. The summed E-state index contributed by atoms with van der Waals surface area (Å²) >= 11 is 0. The van der Waals surface area contributed by atoms with Crippen molar-refractivity contribution in [1.82, 2.24) is 4.90 Å². The molecule has 0 heterocycles. The van der Waals surface area contributed by atoms with Crippen molar-refractivity contribution in [2.75, 3.05) is 7.05 Å². The van der Waals surface area contributed by atoms with Gasteiger partial charge in [-0.3, -0.25) is 14.9 Å². The molecule has 102 valence electrons. The Labute approximate surface area is 107 Å². The fraction of sp³-hybridized carbons (Fsp3) is 0.273. The first-order valence-corrected chi connectivity index (χ1v) is 5.19. The number of hydrogen-bond acceptors (Lipinski definition) is 4. The highest BCUT2D eigenvalue weighted by Gasteiger charge is 2.28. The second-order valence-electron chi connectivity index (χ2n) is 3.85. The van der Waals surface area contributed by atoms with Gasteiger partial charge in [0.1, 0.15) is 17.4 Å². The van der Waals surface area contributed by atoms with Gasteiger partial charge in [0.25, 0.3) is 11.6 Å². The molecule has 1 rings (SSSR count). The number of benzene rings is 1. The van der Waals surface area contributed by atoms with Crippen LogP contribution in [0.2, 0.25) is 0 Å². The van der Waals surface area contributed by atoms with E-state index in [0.717, 1.165) is 17.0 Å². The summed E-state index contributed by atoms with van der Waals surface area (Å²) in [5.74, 6) is -2.96. The van der Waals surface area contributed by atoms with Gasteiger partial charge < -0.3 is 10.0 Å². The zero-order valence-corrected chi connectivity index (χ0v) is 10.2. The maximum Gasteiger partial charge on any atom is 0.326 e. The SMILES string of the molecule is CC(C(=O)O)N(C)C(=O)c1ccc(F)cc1[N+](=O)[O-]. The molecule has 1 aromatic carbocycles. The number of aliphatic carboxylic acids is 1. The van der Waals surface area contributed by atoms with E-state index in [1.807, 2.05) is 0 Å². The summed E-state index contributed by atoms with van der Waals surface area (Å²) < 4.78 is 12.9. The Bertz CT molecular complexity index is 546. The third kappa shape index (κ3) is 3.03. The number of carboxylic acid groups (broad SMARTS) is 1. The molecule has 8 heteroatoms. The summed E-state index contributed by atoms with van der Waals surface area (Å²) in [5.41, 5.74) is -1.06. The van der Waals surface area contributed by atoms with Crippen molar-refractivity contribution in [3.8, 4) is 0 Å². The zero-order valence-electron chi connectivity index (χ0n) is 10.2. The highest BCUT2D eigenvalue weighted by Crippen LogP contribution is 2.21. The first-order valence-electron chi connectivity index (χ1n) is 5.19. The average Bonchev–Trinajstić information content (AvgIpc) is 2.35. The van der Waals surface area contributed by atoms with Crippen LogP contribution in [0.3, 0.4) is 0 Å². The van der Waals surface area contributed by atoms with Crippen LogP contribution >= 0.6 is 0 Å². The van der Waals surface area contributed by atoms with Crippen molar-refractivity contribution in [3.63, 3.8) is 0 Å². The molecule has 1 amide bonds. The van der Waals surface area contributed by atoms with Crippen LogP contribution in [0.5, 0.6) is 0 Å². The number of carbonyl (C=O) groups excluding carboxylic acids is 1. The fourth-order valence-electron chi connectivity index (χ4n) is 1.37. The summed E-state index contributed by atoms with van der Waals surface area (Å²) in [6, 6.07) is 1.32. The number of hydrogen-bond donors (Lipinski definition) is 1. The minimum atomic E-state index is -1.25. The maximum atomic E-state index is 12.9. The van der Waals surface area contributed by atoms with Gasteiger partial charge in [-0.2, -0.15) is 0 Å². The second kappa shape index (κ2) is 5.42. The predicted octanol–water partition coefficient (Wildman–Crippen LogP) is 1.28. The summed E-state index contributed by atoms with van der Waals surface area (Å²) in [4.78, 5) is 33.4. The second-order valence-corrected chi connectivity index (χ2v) is 3.85. The molecule has 1 N–H and O–H groups in total. The third-order valence-corrected chi connectivity index (χ3v) is 2.65. The van der Waals surface area contributed by atoms with Gasteiger partial charge in [0.05, 0.1) is 11.0 Å². The van der Waals surface area contributed by atoms with Gasteiger partial charge >= 0.3 is 5.97 Å². The van der Waals surface area contributed by atoms with E-state index in [2.05, 4.69) is 0 Å². The Kier molecular flexibility index (Phi) is 4.15. The van der Waals surface area contributed by atoms with Gasteiger partial charge in [0, 0.05) is 7.05 Å². The molecule has 0 saturated heterocycles. The summed E-state index contributed by atoms with van der Waals surface area (Å²) in [7, 11) is 1.20. The molecule has 1 aromatic rings. The van der Waals surface area contributed by atoms with Gasteiger partial charge in [-0.15, -0.1) is 0 Å². The van der Waals surface area contributed by atoms with Crippen LogP contribution in [0.25, 0.3) is 0 Å². The van der Waals surface area contributed by atoms with Gasteiger partial charge in [-0.25, -0.2) is 9.18 Å². The lowest BCUT2D eigenvalue weighted by atomic mass is 10.1. The van der Waals surface area contributed by atoms with E-state index in [1.54, 1.807) is 0 Å². The van der Waals surface area contributed by atoms with Crippen molar-refractivity contribution >= 4 is 17.6 Å². The van der Waals surface area contributed by atoms with Crippen molar-refractivity contribution in [2.45, 2.75) is 13.0 Å². The molecule has 0 saturated carbocycles. The highest BCUT2D eigenvalue weighted by molar-refractivity contribution is 5.99. The Hall–Kier alpha value is -2.51. The monoisotopic (exact) mass is 270 g/mol. The lowest BCUT2D eigenvalue weighted by molar-refractivity contribution is -0.385. The molecule has 0 aliphatic carbocycles. The van der Waals surface area contributed by atoms with E-state index in [0.29, 0.717) is 6.07 Å². The number of rotatable bonds is 4. The number of amides is 1. The van der Waals surface area contributed by atoms with Crippen molar-refractivity contribution < 1.29 is 24.0 Å². The van der Waals surface area contributed by atoms with Gasteiger partial charge in [-0.1, -0.05) is 0 Å². The van der Waals surface area contributed by atoms with Crippen molar-refractivity contribution in [2.24, 2.45) is 0 Å². The number of nitro groups is 1. The average molecular weight is 270 g/mol. The number of carbonyl (C=O) groups is 2. The van der Waals surface area contributed by atoms with Crippen LogP contribution in [-0.4, -0.2) is 39.9 Å². The van der Waals surface area contributed by atoms with Crippen LogP contribution < -0.4 is 0 Å². The molecule has 1 atom stereocenters. The van der Waals surface area contributed by atoms with Crippen LogP contribution in [0, 0.1) is 15.9 Å². The van der Waals surface area contributed by atoms with E-state index in [1.165, 1.54) is 14.0 Å². The molecule has 0 aliphatic rings. The largest absolute Gasteiger partial charge is 0.480 e. The Morgan fingerprint density at radius 2 is 2.05 bits per heavy atom.